The molecule has 3 heteroatoms. The van der Waals surface area contributed by atoms with Gasteiger partial charge < -0.3 is 4.42 Å². The summed E-state index contributed by atoms with van der Waals surface area (Å²) >= 11 is 5.41. The Morgan fingerprint density at radius 2 is 1.56 bits per heavy atom. The Morgan fingerprint density at radius 3 is 2.52 bits per heavy atom. The highest BCUT2D eigenvalue weighted by atomic mass is 79.9. The highest BCUT2D eigenvalue weighted by Gasteiger charge is 2.13. The zero-order valence-corrected chi connectivity index (χ0v) is 16.6. The summed E-state index contributed by atoms with van der Waals surface area (Å²) in [7, 11) is 0. The normalized spacial score (nSPS) is 11.9. The van der Waals surface area contributed by atoms with Gasteiger partial charge in [-0.25, -0.2) is 0 Å². The van der Waals surface area contributed by atoms with Gasteiger partial charge in [-0.1, -0.05) is 64.5 Å². The molecular weight excluding hydrogens is 416 g/mol. The minimum Gasteiger partial charge on any atom is -0.455 e. The van der Waals surface area contributed by atoms with Crippen molar-refractivity contribution >= 4 is 69.4 Å². The summed E-state index contributed by atoms with van der Waals surface area (Å²) < 4.78 is 9.96. The van der Waals surface area contributed by atoms with E-state index in [0.29, 0.717) is 0 Å². The van der Waals surface area contributed by atoms with Crippen molar-refractivity contribution in [2.75, 3.05) is 0 Å². The van der Waals surface area contributed by atoms with Crippen LogP contribution in [0.15, 0.2) is 87.8 Å². The second kappa shape index (κ2) is 5.69. The van der Waals surface area contributed by atoms with E-state index in [1.807, 2.05) is 23.5 Å². The molecule has 128 valence electrons. The predicted octanol–water partition coefficient (Wildman–Crippen LogP) is 8.38. The Morgan fingerprint density at radius 1 is 0.667 bits per heavy atom. The van der Waals surface area contributed by atoms with Crippen LogP contribution in [0.3, 0.4) is 0 Å². The number of hydrogen-bond acceptors (Lipinski definition) is 2. The lowest BCUT2D eigenvalue weighted by Gasteiger charge is -2.03. The van der Waals surface area contributed by atoms with Gasteiger partial charge in [-0.3, -0.25) is 0 Å². The van der Waals surface area contributed by atoms with E-state index in [2.05, 4.69) is 82.7 Å². The van der Waals surface area contributed by atoms with E-state index in [-0.39, 0.29) is 0 Å². The smallest absolute Gasteiger partial charge is 0.143 e. The monoisotopic (exact) mass is 428 g/mol. The van der Waals surface area contributed by atoms with Gasteiger partial charge in [0.1, 0.15) is 11.2 Å². The van der Waals surface area contributed by atoms with E-state index in [1.165, 1.54) is 36.5 Å². The number of furan rings is 1. The van der Waals surface area contributed by atoms with Crippen molar-refractivity contribution in [2.24, 2.45) is 0 Å². The van der Waals surface area contributed by atoms with Crippen molar-refractivity contribution in [1.82, 2.24) is 0 Å². The number of fused-ring (bicyclic) bond motifs is 6. The first-order valence-corrected chi connectivity index (χ1v) is 10.4. The highest BCUT2D eigenvalue weighted by molar-refractivity contribution is 9.10. The molecule has 0 amide bonds. The lowest BCUT2D eigenvalue weighted by molar-refractivity contribution is 0.670. The third-order valence-corrected chi connectivity index (χ3v) is 6.78. The maximum atomic E-state index is 6.23. The largest absolute Gasteiger partial charge is 0.455 e. The predicted molar refractivity (Wildman–Crippen MR) is 120 cm³/mol. The molecule has 0 N–H and O–H groups in total. The number of benzene rings is 4. The van der Waals surface area contributed by atoms with E-state index < -0.39 is 0 Å². The second-order valence-corrected chi connectivity index (χ2v) is 8.73. The maximum absolute atomic E-state index is 6.23. The van der Waals surface area contributed by atoms with Gasteiger partial charge >= 0.3 is 0 Å². The molecule has 27 heavy (non-hydrogen) atoms. The first-order chi connectivity index (χ1) is 13.3. The van der Waals surface area contributed by atoms with Gasteiger partial charge in [-0.05, 0) is 35.9 Å². The lowest BCUT2D eigenvalue weighted by Crippen LogP contribution is -1.79. The zero-order valence-electron chi connectivity index (χ0n) is 14.2. The van der Waals surface area contributed by atoms with Gasteiger partial charge in [0.25, 0.3) is 0 Å². The summed E-state index contributed by atoms with van der Waals surface area (Å²) in [5.41, 5.74) is 4.23. The van der Waals surface area contributed by atoms with E-state index >= 15 is 0 Å². The lowest BCUT2D eigenvalue weighted by atomic mass is 10.0. The average Bonchev–Trinajstić information content (AvgIpc) is 3.24. The minimum absolute atomic E-state index is 0.937. The third-order valence-electron chi connectivity index (χ3n) is 5.15. The molecule has 4 aromatic carbocycles. The first kappa shape index (κ1) is 15.4. The van der Waals surface area contributed by atoms with Crippen LogP contribution in [-0.4, -0.2) is 0 Å². The van der Waals surface area contributed by atoms with Crippen LogP contribution >= 0.6 is 27.3 Å². The van der Waals surface area contributed by atoms with E-state index in [9.17, 15) is 0 Å². The number of hydrogen-bond donors (Lipinski definition) is 0. The summed E-state index contributed by atoms with van der Waals surface area (Å²) in [6, 6.07) is 27.9. The van der Waals surface area contributed by atoms with Gasteiger partial charge in [0, 0.05) is 41.0 Å². The molecule has 0 radical (unpaired) electrons. The Hall–Kier alpha value is -2.62. The quantitative estimate of drug-likeness (QED) is 0.256. The molecule has 0 aliphatic carbocycles. The molecule has 0 unspecified atom stereocenters. The number of thiophene rings is 1. The summed E-state index contributed by atoms with van der Waals surface area (Å²) in [5.74, 6) is 0. The molecule has 0 atom stereocenters. The van der Waals surface area contributed by atoms with Crippen molar-refractivity contribution in [3.63, 3.8) is 0 Å². The van der Waals surface area contributed by atoms with Crippen LogP contribution in [0.25, 0.3) is 53.2 Å². The Labute approximate surface area is 168 Å². The first-order valence-electron chi connectivity index (χ1n) is 8.80. The van der Waals surface area contributed by atoms with Crippen LogP contribution in [0.2, 0.25) is 0 Å². The molecule has 2 heterocycles. The third kappa shape index (κ3) is 2.29. The molecule has 0 aliphatic heterocycles. The van der Waals surface area contributed by atoms with E-state index in [1.54, 1.807) is 0 Å². The molecule has 0 bridgehead atoms. The van der Waals surface area contributed by atoms with Crippen LogP contribution in [0, 0.1) is 0 Å². The summed E-state index contributed by atoms with van der Waals surface area (Å²) in [5, 5.41) is 4.94. The topological polar surface area (TPSA) is 13.1 Å². The van der Waals surface area contributed by atoms with Gasteiger partial charge in [-0.2, -0.15) is 0 Å². The van der Waals surface area contributed by atoms with Gasteiger partial charge in [0.2, 0.25) is 0 Å². The minimum atomic E-state index is 0.937. The molecule has 0 saturated carbocycles. The molecule has 6 aromatic rings. The van der Waals surface area contributed by atoms with Crippen molar-refractivity contribution in [1.29, 1.82) is 0 Å². The van der Waals surface area contributed by atoms with Crippen molar-refractivity contribution in [3.05, 3.63) is 83.3 Å². The standard InChI is InChI=1S/C24H13BrOS/c25-15-9-10-18-20-12-14(8-11-22(20)27-23(18)13-15)16-5-3-6-19-17-4-1-2-7-21(17)26-24(16)19/h1-13H. The summed E-state index contributed by atoms with van der Waals surface area (Å²) in [6.45, 7) is 0. The molecule has 2 aromatic heterocycles. The van der Waals surface area contributed by atoms with Gasteiger partial charge in [0.05, 0.1) is 0 Å². The average molecular weight is 429 g/mol. The fourth-order valence-corrected chi connectivity index (χ4v) is 5.53. The molecule has 6 rings (SSSR count). The van der Waals surface area contributed by atoms with E-state index in [0.717, 1.165) is 21.2 Å². The molecule has 0 fully saturated rings. The van der Waals surface area contributed by atoms with Crippen LogP contribution < -0.4 is 0 Å². The molecule has 0 spiro atoms. The summed E-state index contributed by atoms with van der Waals surface area (Å²) in [6.07, 6.45) is 0. The Kier molecular flexibility index (Phi) is 3.25. The molecular formula is C24H13BrOS. The van der Waals surface area contributed by atoms with Crippen LogP contribution in [0.4, 0.5) is 0 Å². The Bertz CT molecular complexity index is 1490. The highest BCUT2D eigenvalue weighted by Crippen LogP contribution is 2.40. The summed E-state index contributed by atoms with van der Waals surface area (Å²) in [4.78, 5) is 0. The van der Waals surface area contributed by atoms with Crippen molar-refractivity contribution in [3.8, 4) is 11.1 Å². The second-order valence-electron chi connectivity index (χ2n) is 6.73. The van der Waals surface area contributed by atoms with Crippen LogP contribution in [0.5, 0.6) is 0 Å². The Balaban J connectivity index is 1.66. The van der Waals surface area contributed by atoms with Gasteiger partial charge in [0.15, 0.2) is 0 Å². The number of rotatable bonds is 1. The fraction of sp³-hybridized carbons (Fsp3) is 0. The fourth-order valence-electron chi connectivity index (χ4n) is 3.89. The van der Waals surface area contributed by atoms with Crippen LogP contribution in [-0.2, 0) is 0 Å². The molecule has 0 aliphatic rings. The van der Waals surface area contributed by atoms with Crippen LogP contribution in [0.1, 0.15) is 0 Å². The SMILES string of the molecule is Brc1ccc2c(c1)sc1ccc(-c3cccc4c3oc3ccccc34)cc12. The van der Waals surface area contributed by atoms with Crippen molar-refractivity contribution in [2.45, 2.75) is 0 Å². The number of halogens is 1. The van der Waals surface area contributed by atoms with Crippen molar-refractivity contribution < 1.29 is 4.42 Å². The van der Waals surface area contributed by atoms with Gasteiger partial charge in [-0.15, -0.1) is 11.3 Å². The molecule has 0 saturated heterocycles. The maximum Gasteiger partial charge on any atom is 0.143 e. The molecule has 1 nitrogen and oxygen atoms in total. The number of para-hydroxylation sites is 2. The zero-order chi connectivity index (χ0) is 18.0. The van der Waals surface area contributed by atoms with E-state index in [4.69, 9.17) is 4.42 Å².